The van der Waals surface area contributed by atoms with Gasteiger partial charge in [0, 0.05) is 41.2 Å². The second-order valence-corrected chi connectivity index (χ2v) is 8.85. The van der Waals surface area contributed by atoms with Gasteiger partial charge in [0.1, 0.15) is 11.3 Å². The van der Waals surface area contributed by atoms with E-state index >= 15 is 0 Å². The van der Waals surface area contributed by atoms with Crippen LogP contribution >= 0.6 is 0 Å². The number of aromatic nitrogens is 3. The monoisotopic (exact) mass is 498 g/mol. The van der Waals surface area contributed by atoms with E-state index < -0.39 is 11.7 Å². The smallest absolute Gasteiger partial charge is 0.253 e. The lowest BCUT2D eigenvalue weighted by Crippen LogP contribution is -2.29. The van der Waals surface area contributed by atoms with Crippen LogP contribution in [0.5, 0.6) is 11.5 Å². The number of hydrogen-bond acceptors (Lipinski definition) is 5. The Kier molecular flexibility index (Phi) is 6.48. The van der Waals surface area contributed by atoms with E-state index in [0.717, 1.165) is 22.0 Å². The first kappa shape index (κ1) is 24.2. The Morgan fingerprint density at radius 3 is 2.57 bits per heavy atom. The minimum atomic E-state index is -0.544. The van der Waals surface area contributed by atoms with Crippen molar-refractivity contribution in [3.8, 4) is 11.5 Å². The largest absolute Gasteiger partial charge is 0.493 e. The number of H-pyrrole nitrogens is 1. The fourth-order valence-electron chi connectivity index (χ4n) is 4.72. The fourth-order valence-corrected chi connectivity index (χ4v) is 4.72. The normalized spacial score (nSPS) is 12.0. The molecule has 3 aromatic carbocycles. The highest BCUT2D eigenvalue weighted by molar-refractivity contribution is 6.04. The third kappa shape index (κ3) is 4.46. The average Bonchev–Trinajstić information content (AvgIpc) is 3.33. The molecule has 0 radical (unpaired) electrons. The summed E-state index contributed by atoms with van der Waals surface area (Å²) in [5.41, 5.74) is 5.04. The molecule has 2 heterocycles. The van der Waals surface area contributed by atoms with Crippen molar-refractivity contribution >= 4 is 27.8 Å². The van der Waals surface area contributed by atoms with Gasteiger partial charge in [-0.2, -0.15) is 0 Å². The number of nitrogens with one attached hydrogen (secondary N) is 2. The lowest BCUT2D eigenvalue weighted by atomic mass is 9.89. The number of aromatic amines is 1. The molecule has 0 saturated heterocycles. The van der Waals surface area contributed by atoms with Crippen molar-refractivity contribution in [3.05, 3.63) is 94.7 Å². The molecule has 7 nitrogen and oxygen atoms in total. The summed E-state index contributed by atoms with van der Waals surface area (Å²) in [6.45, 7) is 3.84. The summed E-state index contributed by atoms with van der Waals surface area (Å²) in [4.78, 5) is 25.7. The van der Waals surface area contributed by atoms with Crippen LogP contribution in [0.2, 0.25) is 0 Å². The van der Waals surface area contributed by atoms with Crippen molar-refractivity contribution in [2.24, 2.45) is 0 Å². The van der Waals surface area contributed by atoms with Crippen LogP contribution in [-0.2, 0) is 0 Å². The molecule has 5 aromatic rings. The van der Waals surface area contributed by atoms with Gasteiger partial charge >= 0.3 is 0 Å². The van der Waals surface area contributed by atoms with E-state index in [0.29, 0.717) is 33.9 Å². The Labute approximate surface area is 213 Å². The van der Waals surface area contributed by atoms with Gasteiger partial charge in [0.15, 0.2) is 11.5 Å². The zero-order valence-corrected chi connectivity index (χ0v) is 21.1. The molecule has 0 aliphatic carbocycles. The van der Waals surface area contributed by atoms with E-state index in [4.69, 9.17) is 9.47 Å². The van der Waals surface area contributed by atoms with Crippen LogP contribution in [0.1, 0.15) is 38.8 Å². The molecule has 2 N–H and O–H groups in total. The number of ether oxygens (including phenoxy) is 2. The standard InChI is InChI=1S/C29H27FN4O3/c1-16-17(2)34-27-21(12-18(30)13-25(27)33-16)29(35)32-15-23(20-9-7-11-26(36-3)28(20)37-4)22-14-31-24-10-6-5-8-19(22)24/h5-14,23,31H,15H2,1-4H3,(H,32,35). The number of halogens is 1. The highest BCUT2D eigenvalue weighted by Crippen LogP contribution is 2.40. The Balaban J connectivity index is 1.57. The van der Waals surface area contributed by atoms with E-state index in [1.54, 1.807) is 21.1 Å². The molecule has 1 atom stereocenters. The predicted molar refractivity (Wildman–Crippen MR) is 141 cm³/mol. The molecule has 37 heavy (non-hydrogen) atoms. The SMILES string of the molecule is COc1cccc(C(CNC(=O)c2cc(F)cc3nc(C)c(C)nc23)c2c[nH]c3ccccc23)c1OC. The zero-order valence-electron chi connectivity index (χ0n) is 21.1. The lowest BCUT2D eigenvalue weighted by Gasteiger charge is -2.22. The van der Waals surface area contributed by atoms with Gasteiger partial charge in [-0.1, -0.05) is 30.3 Å². The Hall–Kier alpha value is -4.46. The molecule has 8 heteroatoms. The number of para-hydroxylation sites is 2. The van der Waals surface area contributed by atoms with Gasteiger partial charge in [-0.05, 0) is 37.6 Å². The van der Waals surface area contributed by atoms with Crippen LogP contribution in [0.4, 0.5) is 4.39 Å². The first-order chi connectivity index (χ1) is 17.9. The summed E-state index contributed by atoms with van der Waals surface area (Å²) in [6.07, 6.45) is 1.94. The van der Waals surface area contributed by atoms with Crippen LogP contribution in [0.15, 0.2) is 60.8 Å². The first-order valence-electron chi connectivity index (χ1n) is 11.9. The highest BCUT2D eigenvalue weighted by atomic mass is 19.1. The van der Waals surface area contributed by atoms with Crippen LogP contribution in [0.25, 0.3) is 21.9 Å². The molecule has 188 valence electrons. The molecular formula is C29H27FN4O3. The molecule has 0 aliphatic rings. The second-order valence-electron chi connectivity index (χ2n) is 8.85. The van der Waals surface area contributed by atoms with Crippen molar-refractivity contribution < 1.29 is 18.7 Å². The van der Waals surface area contributed by atoms with E-state index in [1.165, 1.54) is 12.1 Å². The van der Waals surface area contributed by atoms with Gasteiger partial charge in [0.25, 0.3) is 5.91 Å². The molecule has 1 amide bonds. The van der Waals surface area contributed by atoms with Crippen LogP contribution in [0, 0.1) is 19.7 Å². The number of carbonyl (C=O) groups excluding carboxylic acids is 1. The highest BCUT2D eigenvalue weighted by Gasteiger charge is 2.25. The number of carbonyl (C=O) groups is 1. The molecule has 0 spiro atoms. The average molecular weight is 499 g/mol. The van der Waals surface area contributed by atoms with E-state index in [1.807, 2.05) is 55.6 Å². The third-order valence-corrected chi connectivity index (χ3v) is 6.66. The summed E-state index contributed by atoms with van der Waals surface area (Å²) in [6, 6.07) is 16.1. The van der Waals surface area contributed by atoms with Crippen molar-refractivity contribution in [2.45, 2.75) is 19.8 Å². The molecule has 2 aromatic heterocycles. The Bertz CT molecular complexity index is 1630. The molecule has 0 saturated carbocycles. The number of methoxy groups -OCH3 is 2. The third-order valence-electron chi connectivity index (χ3n) is 6.66. The minimum Gasteiger partial charge on any atom is -0.493 e. The number of hydrogen-bond donors (Lipinski definition) is 2. The van der Waals surface area contributed by atoms with Gasteiger partial charge in [0.2, 0.25) is 0 Å². The fraction of sp³-hybridized carbons (Fsp3) is 0.207. The van der Waals surface area contributed by atoms with E-state index in [-0.39, 0.29) is 18.0 Å². The lowest BCUT2D eigenvalue weighted by molar-refractivity contribution is 0.0953. The maximum Gasteiger partial charge on any atom is 0.253 e. The number of nitrogens with zero attached hydrogens (tertiary/aromatic N) is 2. The Morgan fingerprint density at radius 1 is 1.00 bits per heavy atom. The number of rotatable bonds is 7. The molecular weight excluding hydrogens is 471 g/mol. The molecule has 0 fully saturated rings. The second kappa shape index (κ2) is 9.89. The molecule has 5 rings (SSSR count). The maximum absolute atomic E-state index is 14.5. The van der Waals surface area contributed by atoms with Crippen molar-refractivity contribution in [3.63, 3.8) is 0 Å². The predicted octanol–water partition coefficient (Wildman–Crippen LogP) is 5.45. The van der Waals surface area contributed by atoms with E-state index in [2.05, 4.69) is 20.3 Å². The van der Waals surface area contributed by atoms with Gasteiger partial charge in [-0.25, -0.2) is 14.4 Å². The van der Waals surface area contributed by atoms with Gasteiger partial charge in [-0.15, -0.1) is 0 Å². The summed E-state index contributed by atoms with van der Waals surface area (Å²) < 4.78 is 25.7. The quantitative estimate of drug-likeness (QED) is 0.312. The maximum atomic E-state index is 14.5. The molecule has 1 unspecified atom stereocenters. The van der Waals surface area contributed by atoms with Crippen molar-refractivity contribution in [2.75, 3.05) is 20.8 Å². The first-order valence-corrected chi connectivity index (χ1v) is 11.9. The zero-order chi connectivity index (χ0) is 26.1. The number of benzene rings is 3. The van der Waals surface area contributed by atoms with Gasteiger partial charge < -0.3 is 19.8 Å². The Morgan fingerprint density at radius 2 is 1.78 bits per heavy atom. The number of amides is 1. The van der Waals surface area contributed by atoms with Crippen LogP contribution < -0.4 is 14.8 Å². The van der Waals surface area contributed by atoms with Gasteiger partial charge in [0.05, 0.1) is 36.7 Å². The van der Waals surface area contributed by atoms with Gasteiger partial charge in [-0.3, -0.25) is 4.79 Å². The minimum absolute atomic E-state index is 0.140. The summed E-state index contributed by atoms with van der Waals surface area (Å²) in [7, 11) is 3.18. The number of aryl methyl sites for hydroxylation is 2. The number of fused-ring (bicyclic) bond motifs is 2. The van der Waals surface area contributed by atoms with Crippen LogP contribution in [-0.4, -0.2) is 41.6 Å². The molecule has 0 bridgehead atoms. The van der Waals surface area contributed by atoms with E-state index in [9.17, 15) is 9.18 Å². The topological polar surface area (TPSA) is 89.1 Å². The summed E-state index contributed by atoms with van der Waals surface area (Å²) in [5.74, 6) is -0.0947. The summed E-state index contributed by atoms with van der Waals surface area (Å²) >= 11 is 0. The van der Waals surface area contributed by atoms with Crippen molar-refractivity contribution in [1.29, 1.82) is 0 Å². The molecule has 0 aliphatic heterocycles. The van der Waals surface area contributed by atoms with Crippen molar-refractivity contribution in [1.82, 2.24) is 20.3 Å². The van der Waals surface area contributed by atoms with Crippen LogP contribution in [0.3, 0.4) is 0 Å². The summed E-state index contributed by atoms with van der Waals surface area (Å²) in [5, 5.41) is 4.04.